The highest BCUT2D eigenvalue weighted by molar-refractivity contribution is 7.08. The van der Waals surface area contributed by atoms with Crippen LogP contribution in [0.3, 0.4) is 0 Å². The van der Waals surface area contributed by atoms with Crippen molar-refractivity contribution in [2.75, 3.05) is 13.6 Å². The molecule has 22 heavy (non-hydrogen) atoms. The van der Waals surface area contributed by atoms with Gasteiger partial charge in [-0.15, -0.1) is 0 Å². The summed E-state index contributed by atoms with van der Waals surface area (Å²) in [6.07, 6.45) is 1.07. The van der Waals surface area contributed by atoms with Gasteiger partial charge in [-0.25, -0.2) is 0 Å². The molecule has 0 N–H and O–H groups in total. The van der Waals surface area contributed by atoms with Gasteiger partial charge in [-0.05, 0) is 49.0 Å². The molecular formula is C19H18N2S. The van der Waals surface area contributed by atoms with Crippen molar-refractivity contribution in [1.82, 2.24) is 9.47 Å². The van der Waals surface area contributed by atoms with Crippen LogP contribution in [0.2, 0.25) is 0 Å². The van der Waals surface area contributed by atoms with Gasteiger partial charge in [0, 0.05) is 47.6 Å². The smallest absolute Gasteiger partial charge is 0.0618 e. The summed E-state index contributed by atoms with van der Waals surface area (Å²) < 4.78 is 2.22. The molecule has 0 saturated carbocycles. The van der Waals surface area contributed by atoms with Crippen molar-refractivity contribution in [3.8, 4) is 12.0 Å². The Hall–Kier alpha value is -2.02. The first kappa shape index (κ1) is 13.6. The molecule has 1 aliphatic heterocycles. The molecule has 4 rings (SSSR count). The van der Waals surface area contributed by atoms with Gasteiger partial charge in [0.05, 0.1) is 5.52 Å². The SMILES string of the molecule is Cc1ccc2c(c1)c1c(n2C#Cc2ccsc2)CCN(C)C1. The summed E-state index contributed by atoms with van der Waals surface area (Å²) in [5.41, 5.74) is 6.49. The summed E-state index contributed by atoms with van der Waals surface area (Å²) in [5, 5.41) is 5.54. The van der Waals surface area contributed by atoms with Gasteiger partial charge >= 0.3 is 0 Å². The largest absolute Gasteiger partial charge is 0.302 e. The Kier molecular flexibility index (Phi) is 3.29. The molecule has 0 fully saturated rings. The van der Waals surface area contributed by atoms with E-state index in [1.165, 1.54) is 27.7 Å². The summed E-state index contributed by atoms with van der Waals surface area (Å²) in [5.74, 6) is 3.30. The second kappa shape index (κ2) is 5.31. The lowest BCUT2D eigenvalue weighted by molar-refractivity contribution is 0.311. The fourth-order valence-corrected chi connectivity index (χ4v) is 3.78. The Balaban J connectivity index is 1.94. The van der Waals surface area contributed by atoms with Crippen LogP contribution < -0.4 is 0 Å². The average Bonchev–Trinajstić information content (AvgIpc) is 3.11. The van der Waals surface area contributed by atoms with Gasteiger partial charge < -0.3 is 4.90 Å². The van der Waals surface area contributed by atoms with Crippen molar-refractivity contribution in [3.63, 3.8) is 0 Å². The molecule has 2 aromatic heterocycles. The number of likely N-dealkylation sites (N-methyl/N-ethyl adjacent to an activating group) is 1. The molecule has 110 valence electrons. The summed E-state index contributed by atoms with van der Waals surface area (Å²) in [6.45, 7) is 4.28. The molecule has 3 heteroatoms. The molecule has 3 heterocycles. The summed E-state index contributed by atoms with van der Waals surface area (Å²) in [6, 6.07) is 12.2. The maximum absolute atomic E-state index is 3.39. The molecule has 0 aliphatic carbocycles. The lowest BCUT2D eigenvalue weighted by Gasteiger charge is -2.23. The predicted molar refractivity (Wildman–Crippen MR) is 93.3 cm³/mol. The quantitative estimate of drug-likeness (QED) is 0.573. The van der Waals surface area contributed by atoms with Crippen LogP contribution in [0.4, 0.5) is 0 Å². The highest BCUT2D eigenvalue weighted by atomic mass is 32.1. The van der Waals surface area contributed by atoms with E-state index in [-0.39, 0.29) is 0 Å². The number of hydrogen-bond acceptors (Lipinski definition) is 2. The Morgan fingerprint density at radius 1 is 1.23 bits per heavy atom. The van der Waals surface area contributed by atoms with Crippen molar-refractivity contribution in [2.45, 2.75) is 19.9 Å². The van der Waals surface area contributed by atoms with Crippen LogP contribution in [-0.2, 0) is 13.0 Å². The lowest BCUT2D eigenvalue weighted by Crippen LogP contribution is -2.27. The molecule has 0 atom stereocenters. The van der Waals surface area contributed by atoms with Gasteiger partial charge in [-0.1, -0.05) is 11.6 Å². The number of aryl methyl sites for hydroxylation is 1. The number of rotatable bonds is 0. The molecule has 1 aromatic carbocycles. The average molecular weight is 306 g/mol. The topological polar surface area (TPSA) is 8.17 Å². The number of hydrogen-bond donors (Lipinski definition) is 0. The van der Waals surface area contributed by atoms with Crippen molar-refractivity contribution >= 4 is 22.2 Å². The summed E-state index contributed by atoms with van der Waals surface area (Å²) >= 11 is 1.69. The molecule has 1 aliphatic rings. The Morgan fingerprint density at radius 3 is 2.95 bits per heavy atom. The highest BCUT2D eigenvalue weighted by Gasteiger charge is 2.21. The van der Waals surface area contributed by atoms with Crippen LogP contribution in [0.15, 0.2) is 35.0 Å². The number of thiophene rings is 1. The minimum Gasteiger partial charge on any atom is -0.302 e. The van der Waals surface area contributed by atoms with Gasteiger partial charge in [-0.3, -0.25) is 4.57 Å². The van der Waals surface area contributed by atoms with Crippen molar-refractivity contribution in [3.05, 3.63) is 57.4 Å². The molecular weight excluding hydrogens is 288 g/mol. The van der Waals surface area contributed by atoms with E-state index in [9.17, 15) is 0 Å². The van der Waals surface area contributed by atoms with Gasteiger partial charge in [0.15, 0.2) is 0 Å². The van der Waals surface area contributed by atoms with E-state index >= 15 is 0 Å². The van der Waals surface area contributed by atoms with E-state index in [0.29, 0.717) is 0 Å². The Labute approximate surface area is 135 Å². The van der Waals surface area contributed by atoms with E-state index in [2.05, 4.69) is 70.4 Å². The van der Waals surface area contributed by atoms with Crippen molar-refractivity contribution in [2.24, 2.45) is 0 Å². The zero-order valence-corrected chi connectivity index (χ0v) is 13.7. The minimum absolute atomic E-state index is 1.02. The summed E-state index contributed by atoms with van der Waals surface area (Å²) in [7, 11) is 2.19. The monoisotopic (exact) mass is 306 g/mol. The maximum atomic E-state index is 3.39. The Morgan fingerprint density at radius 2 is 2.14 bits per heavy atom. The second-order valence-corrected chi connectivity index (χ2v) is 6.80. The summed E-state index contributed by atoms with van der Waals surface area (Å²) in [4.78, 5) is 2.39. The van der Waals surface area contributed by atoms with Crippen molar-refractivity contribution < 1.29 is 0 Å². The molecule has 0 spiro atoms. The third-order valence-corrected chi connectivity index (χ3v) is 5.01. The zero-order chi connectivity index (χ0) is 15.1. The minimum atomic E-state index is 1.02. The van der Waals surface area contributed by atoms with E-state index in [0.717, 1.165) is 25.1 Å². The number of nitrogens with zero attached hydrogens (tertiary/aromatic N) is 2. The van der Waals surface area contributed by atoms with Gasteiger partial charge in [0.25, 0.3) is 0 Å². The Bertz CT molecular complexity index is 891. The van der Waals surface area contributed by atoms with E-state index < -0.39 is 0 Å². The van der Waals surface area contributed by atoms with Crippen LogP contribution in [0.25, 0.3) is 10.9 Å². The lowest BCUT2D eigenvalue weighted by atomic mass is 10.0. The van der Waals surface area contributed by atoms with Crippen LogP contribution >= 0.6 is 11.3 Å². The first-order chi connectivity index (χ1) is 10.7. The van der Waals surface area contributed by atoms with Crippen molar-refractivity contribution in [1.29, 1.82) is 0 Å². The predicted octanol–water partition coefficient (Wildman–Crippen LogP) is 3.86. The molecule has 0 saturated heterocycles. The number of fused-ring (bicyclic) bond motifs is 3. The van der Waals surface area contributed by atoms with E-state index in [4.69, 9.17) is 0 Å². The molecule has 0 radical (unpaired) electrons. The number of benzene rings is 1. The van der Waals surface area contributed by atoms with Crippen LogP contribution in [-0.4, -0.2) is 23.1 Å². The van der Waals surface area contributed by atoms with Gasteiger partial charge in [0.1, 0.15) is 0 Å². The molecule has 3 aromatic rings. The molecule has 0 amide bonds. The third-order valence-electron chi connectivity index (χ3n) is 4.33. The van der Waals surface area contributed by atoms with Crippen LogP contribution in [0.1, 0.15) is 22.4 Å². The first-order valence-corrected chi connectivity index (χ1v) is 8.52. The fraction of sp³-hybridized carbons (Fsp3) is 0.263. The van der Waals surface area contributed by atoms with Gasteiger partial charge in [-0.2, -0.15) is 11.3 Å². The number of aromatic nitrogens is 1. The second-order valence-electron chi connectivity index (χ2n) is 6.02. The highest BCUT2D eigenvalue weighted by Crippen LogP contribution is 2.30. The normalized spacial score (nSPS) is 14.6. The molecule has 0 unspecified atom stereocenters. The molecule has 0 bridgehead atoms. The maximum Gasteiger partial charge on any atom is 0.0618 e. The van der Waals surface area contributed by atoms with E-state index in [1.807, 2.05) is 0 Å². The van der Waals surface area contributed by atoms with Gasteiger partial charge in [0.2, 0.25) is 0 Å². The molecule has 2 nitrogen and oxygen atoms in total. The standard InChI is InChI=1S/C19H18N2S/c1-14-3-4-18-16(11-14)17-12-20(2)8-6-19(17)21(18)9-5-15-7-10-22-13-15/h3-4,7,10-11,13H,6,8,12H2,1-2H3. The van der Waals surface area contributed by atoms with E-state index in [1.54, 1.807) is 11.3 Å². The third kappa shape index (κ3) is 2.25. The zero-order valence-electron chi connectivity index (χ0n) is 12.9. The first-order valence-electron chi connectivity index (χ1n) is 7.58. The fourth-order valence-electron chi connectivity index (χ4n) is 3.19. The van der Waals surface area contributed by atoms with Crippen LogP contribution in [0, 0.1) is 18.9 Å². The van der Waals surface area contributed by atoms with Crippen LogP contribution in [0.5, 0.6) is 0 Å².